The molecule has 1 aliphatic heterocycles. The van der Waals surface area contributed by atoms with Crippen LogP contribution in [0.25, 0.3) is 0 Å². The molecule has 0 bridgehead atoms. The van der Waals surface area contributed by atoms with Crippen molar-refractivity contribution in [3.8, 4) is 11.5 Å². The van der Waals surface area contributed by atoms with E-state index >= 15 is 0 Å². The average molecular weight is 356 g/mol. The van der Waals surface area contributed by atoms with Gasteiger partial charge in [-0.15, -0.1) is 11.8 Å². The van der Waals surface area contributed by atoms with E-state index in [1.54, 1.807) is 18.2 Å². The Morgan fingerprint density at radius 1 is 1.42 bits per heavy atom. The molecule has 9 nitrogen and oxygen atoms in total. The molecule has 0 aromatic heterocycles. The van der Waals surface area contributed by atoms with Gasteiger partial charge in [0, 0.05) is 17.6 Å². The van der Waals surface area contributed by atoms with Gasteiger partial charge in [-0.3, -0.25) is 14.9 Å². The molecule has 0 radical (unpaired) electrons. The molecular formula is C14H16N2O7S. The summed E-state index contributed by atoms with van der Waals surface area (Å²) >= 11 is 1.09. The van der Waals surface area contributed by atoms with Crippen molar-refractivity contribution in [2.75, 3.05) is 19.1 Å². The average Bonchev–Trinajstić information content (AvgIpc) is 2.96. The minimum Gasteiger partial charge on any atom is -0.480 e. The topological polar surface area (TPSA) is 128 Å². The zero-order valence-corrected chi connectivity index (χ0v) is 13.6. The van der Waals surface area contributed by atoms with Gasteiger partial charge in [-0.05, 0) is 17.7 Å². The van der Waals surface area contributed by atoms with Crippen LogP contribution in [-0.4, -0.2) is 47.0 Å². The Morgan fingerprint density at radius 3 is 2.75 bits per heavy atom. The van der Waals surface area contributed by atoms with Crippen molar-refractivity contribution in [3.05, 3.63) is 33.9 Å². The molecule has 1 aliphatic rings. The second-order valence-corrected chi connectivity index (χ2v) is 6.28. The Hall–Kier alpha value is -2.49. The number of nitrogens with zero attached hydrogens (tertiary/aromatic N) is 1. The minimum atomic E-state index is -1.19. The summed E-state index contributed by atoms with van der Waals surface area (Å²) in [6.07, 6.45) is 0. The summed E-state index contributed by atoms with van der Waals surface area (Å²) in [6, 6.07) is 3.88. The Labute approximate surface area is 141 Å². The number of ether oxygens (including phenoxy) is 2. The van der Waals surface area contributed by atoms with Crippen LogP contribution in [0.15, 0.2) is 18.2 Å². The first-order valence-corrected chi connectivity index (χ1v) is 8.04. The molecule has 0 saturated heterocycles. The quantitative estimate of drug-likeness (QED) is 0.522. The van der Waals surface area contributed by atoms with E-state index in [1.807, 2.05) is 0 Å². The molecule has 2 unspecified atom stereocenters. The van der Waals surface area contributed by atoms with Crippen molar-refractivity contribution in [3.63, 3.8) is 0 Å². The van der Waals surface area contributed by atoms with Crippen LogP contribution >= 0.6 is 11.8 Å². The first-order chi connectivity index (χ1) is 11.4. The Bertz CT molecular complexity index is 652. The smallest absolute Gasteiger partial charge is 0.327 e. The largest absolute Gasteiger partial charge is 0.480 e. The molecule has 1 aromatic carbocycles. The van der Waals surface area contributed by atoms with E-state index in [-0.39, 0.29) is 19.1 Å². The number of rotatable bonds is 8. The molecular weight excluding hydrogens is 340 g/mol. The standard InChI is InChI=1S/C14H16N2O7S/c1-8(17)15-10(14(18)19)6-24-13(5-16(20)21)9-2-3-11-12(4-9)23-7-22-11/h2-4,10,13H,5-7H2,1H3,(H,15,17)(H,18,19). The van der Waals surface area contributed by atoms with Crippen molar-refractivity contribution in [1.82, 2.24) is 5.32 Å². The van der Waals surface area contributed by atoms with Crippen molar-refractivity contribution in [2.45, 2.75) is 18.2 Å². The summed E-state index contributed by atoms with van der Waals surface area (Å²) in [5.41, 5.74) is 0.632. The van der Waals surface area contributed by atoms with Crippen molar-refractivity contribution < 1.29 is 29.1 Å². The fourth-order valence-corrected chi connectivity index (χ4v) is 3.35. The lowest BCUT2D eigenvalue weighted by atomic mass is 10.1. The lowest BCUT2D eigenvalue weighted by Gasteiger charge is -2.17. The van der Waals surface area contributed by atoms with Crippen LogP contribution in [0.3, 0.4) is 0 Å². The lowest BCUT2D eigenvalue weighted by molar-refractivity contribution is -0.479. The van der Waals surface area contributed by atoms with E-state index in [4.69, 9.17) is 14.6 Å². The molecule has 1 heterocycles. The maximum absolute atomic E-state index is 11.2. The summed E-state index contributed by atoms with van der Waals surface area (Å²) < 4.78 is 10.5. The zero-order valence-electron chi connectivity index (χ0n) is 12.8. The predicted molar refractivity (Wildman–Crippen MR) is 84.9 cm³/mol. The van der Waals surface area contributed by atoms with Gasteiger partial charge in [-0.25, -0.2) is 4.79 Å². The first kappa shape index (κ1) is 17.9. The van der Waals surface area contributed by atoms with Crippen molar-refractivity contribution in [1.29, 1.82) is 0 Å². The summed E-state index contributed by atoms with van der Waals surface area (Å²) in [4.78, 5) is 32.7. The molecule has 1 aromatic rings. The second-order valence-electron chi connectivity index (χ2n) is 5.04. The number of aliphatic carboxylic acids is 1. The number of fused-ring (bicyclic) bond motifs is 1. The van der Waals surface area contributed by atoms with Crippen LogP contribution in [0.4, 0.5) is 0 Å². The number of hydrogen-bond donors (Lipinski definition) is 2. The molecule has 0 saturated carbocycles. The van der Waals surface area contributed by atoms with Gasteiger partial charge in [0.15, 0.2) is 11.5 Å². The zero-order chi connectivity index (χ0) is 17.7. The van der Waals surface area contributed by atoms with E-state index in [0.29, 0.717) is 17.1 Å². The second kappa shape index (κ2) is 7.86. The van der Waals surface area contributed by atoms with Gasteiger partial charge < -0.3 is 19.9 Å². The van der Waals surface area contributed by atoms with Crippen molar-refractivity contribution in [2.24, 2.45) is 0 Å². The third-order valence-corrected chi connectivity index (χ3v) is 4.57. The van der Waals surface area contributed by atoms with Gasteiger partial charge in [0.2, 0.25) is 19.2 Å². The highest BCUT2D eigenvalue weighted by molar-refractivity contribution is 7.99. The maximum Gasteiger partial charge on any atom is 0.327 e. The van der Waals surface area contributed by atoms with E-state index in [1.165, 1.54) is 6.92 Å². The van der Waals surface area contributed by atoms with E-state index in [0.717, 1.165) is 11.8 Å². The summed E-state index contributed by atoms with van der Waals surface area (Å²) in [6.45, 7) is 0.930. The van der Waals surface area contributed by atoms with E-state index in [9.17, 15) is 19.7 Å². The number of carbonyl (C=O) groups is 2. The third kappa shape index (κ3) is 4.75. The number of thioether (sulfide) groups is 1. The molecule has 2 atom stereocenters. The normalized spacial score (nSPS) is 14.7. The Morgan fingerprint density at radius 2 is 2.12 bits per heavy atom. The number of nitro groups is 1. The van der Waals surface area contributed by atoms with Crippen LogP contribution in [0, 0.1) is 10.1 Å². The summed E-state index contributed by atoms with van der Waals surface area (Å²) in [5, 5.41) is 21.8. The van der Waals surface area contributed by atoms with Crippen LogP contribution in [0.5, 0.6) is 11.5 Å². The van der Waals surface area contributed by atoms with Crippen LogP contribution in [-0.2, 0) is 9.59 Å². The molecule has 10 heteroatoms. The van der Waals surface area contributed by atoms with Gasteiger partial charge in [-0.1, -0.05) is 6.07 Å². The predicted octanol–water partition coefficient (Wildman–Crippen LogP) is 1.06. The van der Waals surface area contributed by atoms with Gasteiger partial charge in [-0.2, -0.15) is 0 Å². The highest BCUT2D eigenvalue weighted by Gasteiger charge is 2.26. The Balaban J connectivity index is 2.11. The molecule has 1 amide bonds. The number of carboxylic acid groups (broad SMARTS) is 1. The van der Waals surface area contributed by atoms with Gasteiger partial charge in [0.05, 0.1) is 5.25 Å². The van der Waals surface area contributed by atoms with Crippen molar-refractivity contribution >= 4 is 23.6 Å². The lowest BCUT2D eigenvalue weighted by Crippen LogP contribution is -2.41. The number of carbonyl (C=O) groups excluding carboxylic acids is 1. The highest BCUT2D eigenvalue weighted by atomic mass is 32.2. The van der Waals surface area contributed by atoms with E-state index < -0.39 is 28.1 Å². The molecule has 0 fully saturated rings. The highest BCUT2D eigenvalue weighted by Crippen LogP contribution is 2.38. The number of carboxylic acids is 1. The van der Waals surface area contributed by atoms with Gasteiger partial charge in [0.1, 0.15) is 6.04 Å². The molecule has 24 heavy (non-hydrogen) atoms. The molecule has 2 N–H and O–H groups in total. The SMILES string of the molecule is CC(=O)NC(CSC(C[N+](=O)[O-])c1ccc2c(c1)OCO2)C(=O)O. The fourth-order valence-electron chi connectivity index (χ4n) is 2.14. The van der Waals surface area contributed by atoms with Gasteiger partial charge >= 0.3 is 5.97 Å². The Kier molecular flexibility index (Phi) is 5.85. The van der Waals surface area contributed by atoms with E-state index in [2.05, 4.69) is 5.32 Å². The first-order valence-electron chi connectivity index (χ1n) is 6.99. The molecule has 130 valence electrons. The minimum absolute atomic E-state index is 0.00185. The number of hydrogen-bond acceptors (Lipinski definition) is 7. The van der Waals surface area contributed by atoms with Gasteiger partial charge in [0.25, 0.3) is 0 Å². The fraction of sp³-hybridized carbons (Fsp3) is 0.429. The van der Waals surface area contributed by atoms with Crippen LogP contribution in [0.1, 0.15) is 17.7 Å². The third-order valence-electron chi connectivity index (χ3n) is 3.22. The summed E-state index contributed by atoms with van der Waals surface area (Å²) in [5.74, 6) is -0.606. The molecule has 2 rings (SSSR count). The molecule has 0 aliphatic carbocycles. The maximum atomic E-state index is 11.2. The number of benzene rings is 1. The summed E-state index contributed by atoms with van der Waals surface area (Å²) in [7, 11) is 0. The van der Waals surface area contributed by atoms with Crippen LogP contribution < -0.4 is 14.8 Å². The number of amides is 1. The van der Waals surface area contributed by atoms with Crippen LogP contribution in [0.2, 0.25) is 0 Å². The molecule has 0 spiro atoms. The monoisotopic (exact) mass is 356 g/mol. The number of nitrogens with one attached hydrogen (secondary N) is 1.